The summed E-state index contributed by atoms with van der Waals surface area (Å²) in [5.41, 5.74) is 0.297. The molecule has 1 aromatic rings. The lowest BCUT2D eigenvalue weighted by Crippen LogP contribution is -2.14. The van der Waals surface area contributed by atoms with Crippen molar-refractivity contribution in [3.05, 3.63) is 24.3 Å². The summed E-state index contributed by atoms with van der Waals surface area (Å²) in [6.45, 7) is 1.50. The Morgan fingerprint density at radius 2 is 1.62 bits per heavy atom. The summed E-state index contributed by atoms with van der Waals surface area (Å²) in [6, 6.07) is 5.14. The minimum Gasteiger partial charge on any atom is -0.284 e. The number of nitrogens with one attached hydrogen (secondary N) is 1. The largest absolute Gasteiger partial charge is 0.284 e. The van der Waals surface area contributed by atoms with Crippen molar-refractivity contribution >= 4 is 35.4 Å². The second-order valence-electron chi connectivity index (χ2n) is 2.97. The number of anilines is 1. The second kappa shape index (κ2) is 4.60. The molecule has 0 unspecified atom stereocenters. The monoisotopic (exact) mass is 283 g/mol. The molecule has 1 N–H and O–H groups in total. The third-order valence-corrected chi connectivity index (χ3v) is 4.47. The van der Waals surface area contributed by atoms with Gasteiger partial charge in [0.25, 0.3) is 9.05 Å². The molecule has 90 valence electrons. The lowest BCUT2D eigenvalue weighted by atomic mass is 10.3. The first-order valence-electron chi connectivity index (χ1n) is 4.30. The minimum absolute atomic E-state index is 0.0530. The molecule has 0 aliphatic rings. The highest BCUT2D eigenvalue weighted by atomic mass is 35.7. The van der Waals surface area contributed by atoms with E-state index in [1.54, 1.807) is 0 Å². The molecule has 0 aliphatic heterocycles. The highest BCUT2D eigenvalue weighted by Gasteiger charge is 2.11. The molecule has 8 heteroatoms. The third-order valence-electron chi connectivity index (χ3n) is 1.79. The van der Waals surface area contributed by atoms with Crippen LogP contribution in [0.15, 0.2) is 29.2 Å². The molecule has 0 saturated carbocycles. The molecule has 0 spiro atoms. The van der Waals surface area contributed by atoms with E-state index in [0.29, 0.717) is 5.69 Å². The Balaban J connectivity index is 2.97. The van der Waals surface area contributed by atoms with Crippen LogP contribution in [0.3, 0.4) is 0 Å². The van der Waals surface area contributed by atoms with Crippen LogP contribution in [-0.2, 0) is 19.1 Å². The number of rotatable bonds is 4. The molecule has 0 bridgehead atoms. The maximum Gasteiger partial charge on any atom is 0.261 e. The summed E-state index contributed by atoms with van der Waals surface area (Å²) in [4.78, 5) is -0.0754. The zero-order valence-corrected chi connectivity index (χ0v) is 10.7. The van der Waals surface area contributed by atoms with Crippen LogP contribution in [0.25, 0.3) is 0 Å². The van der Waals surface area contributed by atoms with Gasteiger partial charge in [0.15, 0.2) is 0 Å². The van der Waals surface area contributed by atoms with Crippen molar-refractivity contribution in [3.8, 4) is 0 Å². The van der Waals surface area contributed by atoms with E-state index < -0.39 is 19.1 Å². The van der Waals surface area contributed by atoms with Gasteiger partial charge in [0.05, 0.1) is 10.6 Å². The molecular weight excluding hydrogens is 274 g/mol. The van der Waals surface area contributed by atoms with E-state index in [2.05, 4.69) is 4.72 Å². The highest BCUT2D eigenvalue weighted by molar-refractivity contribution is 8.13. The summed E-state index contributed by atoms with van der Waals surface area (Å²) in [7, 11) is -2.02. The van der Waals surface area contributed by atoms with Gasteiger partial charge in [-0.1, -0.05) is 0 Å². The Morgan fingerprint density at radius 1 is 1.12 bits per heavy atom. The van der Waals surface area contributed by atoms with Crippen LogP contribution in [0, 0.1) is 0 Å². The molecule has 0 atom stereocenters. The zero-order chi connectivity index (χ0) is 12.4. The van der Waals surface area contributed by atoms with Gasteiger partial charge in [-0.3, -0.25) is 4.72 Å². The van der Waals surface area contributed by atoms with Crippen molar-refractivity contribution in [2.75, 3.05) is 10.5 Å². The van der Waals surface area contributed by atoms with Gasteiger partial charge >= 0.3 is 0 Å². The predicted octanol–water partition coefficient (Wildman–Crippen LogP) is 1.38. The van der Waals surface area contributed by atoms with E-state index in [1.165, 1.54) is 31.2 Å². The summed E-state index contributed by atoms with van der Waals surface area (Å²) < 4.78 is 46.5. The molecule has 0 saturated heterocycles. The lowest BCUT2D eigenvalue weighted by Gasteiger charge is -2.05. The first kappa shape index (κ1) is 13.3. The molecule has 0 amide bonds. The number of sulfonamides is 1. The van der Waals surface area contributed by atoms with Crippen LogP contribution in [0.5, 0.6) is 0 Å². The van der Waals surface area contributed by atoms with Gasteiger partial charge in [0.1, 0.15) is 0 Å². The first-order chi connectivity index (χ1) is 7.24. The number of benzene rings is 1. The van der Waals surface area contributed by atoms with Crippen LogP contribution in [-0.4, -0.2) is 22.6 Å². The van der Waals surface area contributed by atoms with Gasteiger partial charge in [0.2, 0.25) is 10.0 Å². The Bertz CT molecular complexity index is 563. The van der Waals surface area contributed by atoms with Crippen molar-refractivity contribution in [1.82, 2.24) is 0 Å². The summed E-state index contributed by atoms with van der Waals surface area (Å²) in [5, 5.41) is 0. The Kier molecular flexibility index (Phi) is 3.82. The lowest BCUT2D eigenvalue weighted by molar-refractivity contribution is 0.602. The smallest absolute Gasteiger partial charge is 0.261 e. The average Bonchev–Trinajstić information content (AvgIpc) is 2.16. The van der Waals surface area contributed by atoms with Crippen LogP contribution < -0.4 is 4.72 Å². The molecule has 0 fully saturated rings. The fraction of sp³-hybridized carbons (Fsp3) is 0.250. The third kappa shape index (κ3) is 3.66. The van der Waals surface area contributed by atoms with Crippen molar-refractivity contribution < 1.29 is 16.8 Å². The van der Waals surface area contributed by atoms with Gasteiger partial charge < -0.3 is 0 Å². The van der Waals surface area contributed by atoms with E-state index in [1.807, 2.05) is 0 Å². The van der Waals surface area contributed by atoms with E-state index in [-0.39, 0.29) is 10.6 Å². The molecule has 0 aromatic heterocycles. The first-order valence-corrected chi connectivity index (χ1v) is 8.26. The van der Waals surface area contributed by atoms with E-state index >= 15 is 0 Å². The summed E-state index contributed by atoms with van der Waals surface area (Å²) >= 11 is 0. The Hall–Kier alpha value is -0.790. The fourth-order valence-electron chi connectivity index (χ4n) is 0.937. The molecular formula is C8H10ClNO4S2. The van der Waals surface area contributed by atoms with E-state index in [0.717, 1.165) is 0 Å². The predicted molar refractivity (Wildman–Crippen MR) is 62.6 cm³/mol. The fourth-order valence-corrected chi connectivity index (χ4v) is 2.35. The van der Waals surface area contributed by atoms with Crippen LogP contribution in [0.1, 0.15) is 6.92 Å². The van der Waals surface area contributed by atoms with Gasteiger partial charge in [-0.15, -0.1) is 0 Å². The minimum atomic E-state index is -3.77. The molecule has 1 aromatic carbocycles. The van der Waals surface area contributed by atoms with Crippen molar-refractivity contribution in [2.24, 2.45) is 0 Å². The molecule has 0 radical (unpaired) electrons. The topological polar surface area (TPSA) is 80.3 Å². The SMILES string of the molecule is CCS(=O)(=O)Nc1ccc(S(=O)(=O)Cl)cc1. The van der Waals surface area contributed by atoms with Gasteiger partial charge in [0, 0.05) is 16.4 Å². The van der Waals surface area contributed by atoms with Gasteiger partial charge in [-0.25, -0.2) is 16.8 Å². The standard InChI is InChI=1S/C8H10ClNO4S2/c1-2-15(11,12)10-7-3-5-8(6-4-7)16(9,13)14/h3-6,10H,2H2,1H3. The van der Waals surface area contributed by atoms with E-state index in [9.17, 15) is 16.8 Å². The maximum absolute atomic E-state index is 11.2. The quantitative estimate of drug-likeness (QED) is 0.847. The van der Waals surface area contributed by atoms with Crippen LogP contribution >= 0.6 is 10.7 Å². The van der Waals surface area contributed by atoms with Gasteiger partial charge in [-0.2, -0.15) is 0 Å². The van der Waals surface area contributed by atoms with Crippen molar-refractivity contribution in [1.29, 1.82) is 0 Å². The Labute approximate surface area is 98.9 Å². The molecule has 0 aliphatic carbocycles. The van der Waals surface area contributed by atoms with Crippen molar-refractivity contribution in [2.45, 2.75) is 11.8 Å². The molecule has 5 nitrogen and oxygen atoms in total. The van der Waals surface area contributed by atoms with Crippen LogP contribution in [0.2, 0.25) is 0 Å². The van der Waals surface area contributed by atoms with E-state index in [4.69, 9.17) is 10.7 Å². The van der Waals surface area contributed by atoms with Crippen LogP contribution in [0.4, 0.5) is 5.69 Å². The highest BCUT2D eigenvalue weighted by Crippen LogP contribution is 2.18. The molecule has 0 heterocycles. The summed E-state index contributed by atoms with van der Waals surface area (Å²) in [6.07, 6.45) is 0. The second-order valence-corrected chi connectivity index (χ2v) is 7.54. The number of halogens is 1. The number of hydrogen-bond acceptors (Lipinski definition) is 4. The average molecular weight is 284 g/mol. The summed E-state index contributed by atoms with van der Waals surface area (Å²) in [5.74, 6) is -0.0530. The Morgan fingerprint density at radius 3 is 2.00 bits per heavy atom. The molecule has 16 heavy (non-hydrogen) atoms. The maximum atomic E-state index is 11.2. The number of hydrogen-bond donors (Lipinski definition) is 1. The normalized spacial score (nSPS) is 12.4. The van der Waals surface area contributed by atoms with Crippen molar-refractivity contribution in [3.63, 3.8) is 0 Å². The molecule has 1 rings (SSSR count). The zero-order valence-electron chi connectivity index (χ0n) is 8.34. The van der Waals surface area contributed by atoms with Gasteiger partial charge in [-0.05, 0) is 31.2 Å².